The van der Waals surface area contributed by atoms with E-state index in [0.717, 1.165) is 9.80 Å². The van der Waals surface area contributed by atoms with Crippen LogP contribution >= 0.6 is 0 Å². The van der Waals surface area contributed by atoms with Crippen LogP contribution in [-0.4, -0.2) is 69.7 Å². The maximum atomic E-state index is 11.9. The molecule has 0 unspecified atom stereocenters. The van der Waals surface area contributed by atoms with E-state index < -0.39 is 35.6 Å². The number of carbonyl (C=O) groups is 4. The van der Waals surface area contributed by atoms with Crippen LogP contribution in [0.4, 0.5) is 19.2 Å². The van der Waals surface area contributed by atoms with Gasteiger partial charge < -0.3 is 18.9 Å². The lowest BCUT2D eigenvalue weighted by atomic mass is 10.0. The quantitative estimate of drug-likeness (QED) is 0.465. The SMILES string of the molecule is CC(C)[C@@H]1OC(=O)N(C(=O)OC(C)(C)C)[C@@H]1C.CC(C)[C@@H]1OC(=O)N(C(=O)OC(C)(C)C)[C@@H]1C. The minimum atomic E-state index is -0.641. The Hall–Kier alpha value is -2.52. The van der Waals surface area contributed by atoms with Crippen molar-refractivity contribution in [3.8, 4) is 0 Å². The van der Waals surface area contributed by atoms with E-state index in [-0.39, 0.29) is 36.1 Å². The number of carbonyl (C=O) groups excluding carboxylic acids is 4. The molecule has 4 atom stereocenters. The van der Waals surface area contributed by atoms with Gasteiger partial charge in [-0.1, -0.05) is 27.7 Å². The van der Waals surface area contributed by atoms with Crippen LogP contribution in [0.5, 0.6) is 0 Å². The van der Waals surface area contributed by atoms with Crippen molar-refractivity contribution < 1.29 is 38.1 Å². The van der Waals surface area contributed by atoms with Crippen molar-refractivity contribution in [2.45, 2.75) is 119 Å². The molecule has 34 heavy (non-hydrogen) atoms. The topological polar surface area (TPSA) is 112 Å². The number of hydrogen-bond donors (Lipinski definition) is 0. The Morgan fingerprint density at radius 3 is 1.15 bits per heavy atom. The summed E-state index contributed by atoms with van der Waals surface area (Å²) in [6.07, 6.45) is -3.06. The van der Waals surface area contributed by atoms with Gasteiger partial charge in [0.2, 0.25) is 0 Å². The van der Waals surface area contributed by atoms with Gasteiger partial charge >= 0.3 is 24.4 Å². The number of ether oxygens (including phenoxy) is 4. The summed E-state index contributed by atoms with van der Waals surface area (Å²) in [6.45, 7) is 22.0. The summed E-state index contributed by atoms with van der Waals surface area (Å²) in [5.74, 6) is 0.336. The van der Waals surface area contributed by atoms with Gasteiger partial charge in [0.25, 0.3) is 0 Å². The Labute approximate surface area is 203 Å². The van der Waals surface area contributed by atoms with E-state index in [9.17, 15) is 19.2 Å². The molecule has 10 heteroatoms. The van der Waals surface area contributed by atoms with Crippen molar-refractivity contribution in [3.05, 3.63) is 0 Å². The number of imide groups is 2. The molecule has 2 aliphatic heterocycles. The molecule has 0 saturated carbocycles. The van der Waals surface area contributed by atoms with E-state index in [1.54, 1.807) is 55.4 Å². The number of cyclic esters (lactones) is 2. The van der Waals surface area contributed by atoms with Crippen molar-refractivity contribution in [1.82, 2.24) is 9.80 Å². The van der Waals surface area contributed by atoms with Gasteiger partial charge in [-0.25, -0.2) is 29.0 Å². The first kappa shape index (κ1) is 29.5. The van der Waals surface area contributed by atoms with Gasteiger partial charge in [0.05, 0.1) is 12.1 Å². The van der Waals surface area contributed by atoms with Crippen molar-refractivity contribution in [1.29, 1.82) is 0 Å². The predicted molar refractivity (Wildman–Crippen MR) is 125 cm³/mol. The Balaban J connectivity index is 0.000000340. The fourth-order valence-corrected chi connectivity index (χ4v) is 3.66. The van der Waals surface area contributed by atoms with E-state index in [1.165, 1.54) is 0 Å². The molecule has 0 aromatic heterocycles. The average molecular weight is 487 g/mol. The lowest BCUT2D eigenvalue weighted by molar-refractivity contribution is 0.0279. The van der Waals surface area contributed by atoms with Crippen LogP contribution in [0.1, 0.15) is 83.1 Å². The second-order valence-corrected chi connectivity index (χ2v) is 11.4. The van der Waals surface area contributed by atoms with Gasteiger partial charge in [-0.15, -0.1) is 0 Å². The molecule has 0 radical (unpaired) electrons. The summed E-state index contributed by atoms with van der Waals surface area (Å²) in [6, 6.07) is -0.588. The molecule has 0 aliphatic carbocycles. The van der Waals surface area contributed by atoms with Gasteiger partial charge in [-0.05, 0) is 67.2 Å². The Morgan fingerprint density at radius 2 is 0.971 bits per heavy atom. The standard InChI is InChI=1S/2C12H21NO4/c2*1-7(2)9-8(3)13(10(14)16-9)11(15)17-12(4,5)6/h2*7-9H,1-6H3/t2*8-,9+/m11/s1. The van der Waals surface area contributed by atoms with Crippen LogP contribution in [0.25, 0.3) is 0 Å². The highest BCUT2D eigenvalue weighted by Crippen LogP contribution is 2.27. The van der Waals surface area contributed by atoms with Gasteiger partial charge in [0, 0.05) is 0 Å². The highest BCUT2D eigenvalue weighted by atomic mass is 16.6. The molecule has 2 fully saturated rings. The third-order valence-electron chi connectivity index (χ3n) is 5.13. The smallest absolute Gasteiger partial charge is 0.420 e. The van der Waals surface area contributed by atoms with E-state index in [4.69, 9.17) is 18.9 Å². The molecule has 0 aromatic carbocycles. The highest BCUT2D eigenvalue weighted by Gasteiger charge is 2.46. The molecule has 0 aromatic rings. The number of hydrogen-bond acceptors (Lipinski definition) is 8. The van der Waals surface area contributed by atoms with E-state index in [2.05, 4.69) is 0 Å². The molecule has 0 spiro atoms. The highest BCUT2D eigenvalue weighted by molar-refractivity contribution is 5.90. The molecule has 196 valence electrons. The first-order valence-electron chi connectivity index (χ1n) is 11.7. The molecular weight excluding hydrogens is 444 g/mol. The monoisotopic (exact) mass is 486 g/mol. The zero-order valence-corrected chi connectivity index (χ0v) is 22.6. The van der Waals surface area contributed by atoms with Gasteiger partial charge in [0.15, 0.2) is 0 Å². The van der Waals surface area contributed by atoms with Crippen LogP contribution in [0.2, 0.25) is 0 Å². The normalized spacial score (nSPS) is 25.1. The van der Waals surface area contributed by atoms with E-state index in [0.29, 0.717) is 0 Å². The van der Waals surface area contributed by atoms with E-state index >= 15 is 0 Å². The molecule has 10 nitrogen and oxygen atoms in total. The fraction of sp³-hybridized carbons (Fsp3) is 0.833. The summed E-state index contributed by atoms with van der Waals surface area (Å²) in [5, 5.41) is 0. The number of amides is 4. The fourth-order valence-electron chi connectivity index (χ4n) is 3.66. The molecule has 2 rings (SSSR count). The summed E-state index contributed by atoms with van der Waals surface area (Å²) in [4.78, 5) is 49.1. The third kappa shape index (κ3) is 7.77. The molecule has 2 heterocycles. The maximum absolute atomic E-state index is 11.9. The molecule has 0 N–H and O–H groups in total. The van der Waals surface area contributed by atoms with Gasteiger partial charge in [0.1, 0.15) is 23.4 Å². The average Bonchev–Trinajstić information content (AvgIpc) is 3.08. The van der Waals surface area contributed by atoms with Crippen LogP contribution in [0, 0.1) is 11.8 Å². The van der Waals surface area contributed by atoms with Crippen molar-refractivity contribution >= 4 is 24.4 Å². The Morgan fingerprint density at radius 1 is 0.706 bits per heavy atom. The molecule has 4 amide bonds. The lowest BCUT2D eigenvalue weighted by Gasteiger charge is -2.25. The first-order valence-corrected chi connectivity index (χ1v) is 11.7. The lowest BCUT2D eigenvalue weighted by Crippen LogP contribution is -2.43. The van der Waals surface area contributed by atoms with Crippen LogP contribution < -0.4 is 0 Å². The predicted octanol–water partition coefficient (Wildman–Crippen LogP) is 5.57. The van der Waals surface area contributed by atoms with Crippen molar-refractivity contribution in [2.24, 2.45) is 11.8 Å². The summed E-state index contributed by atoms with van der Waals surface area (Å²) in [7, 11) is 0. The number of rotatable bonds is 2. The minimum absolute atomic E-state index is 0.168. The first-order chi connectivity index (χ1) is 15.3. The van der Waals surface area contributed by atoms with Gasteiger partial charge in [-0.3, -0.25) is 0 Å². The summed E-state index contributed by atoms with van der Waals surface area (Å²) in [5.41, 5.74) is -1.24. The van der Waals surface area contributed by atoms with E-state index in [1.807, 2.05) is 27.7 Å². The third-order valence-corrected chi connectivity index (χ3v) is 5.13. The van der Waals surface area contributed by atoms with Gasteiger partial charge in [-0.2, -0.15) is 0 Å². The summed E-state index contributed by atoms with van der Waals surface area (Å²) >= 11 is 0. The van der Waals surface area contributed by atoms with Crippen LogP contribution in [0.3, 0.4) is 0 Å². The van der Waals surface area contributed by atoms with Crippen LogP contribution in [0.15, 0.2) is 0 Å². The Kier molecular flexibility index (Phi) is 9.39. The minimum Gasteiger partial charge on any atom is -0.443 e. The molecular formula is C24H42N2O8. The molecule has 2 saturated heterocycles. The van der Waals surface area contributed by atoms with Crippen molar-refractivity contribution in [3.63, 3.8) is 0 Å². The summed E-state index contributed by atoms with van der Waals surface area (Å²) < 4.78 is 20.7. The largest absolute Gasteiger partial charge is 0.443 e. The number of nitrogens with zero attached hydrogens (tertiary/aromatic N) is 2. The molecule has 0 bridgehead atoms. The van der Waals surface area contributed by atoms with Crippen molar-refractivity contribution in [2.75, 3.05) is 0 Å². The zero-order valence-electron chi connectivity index (χ0n) is 22.6. The second-order valence-electron chi connectivity index (χ2n) is 11.4. The maximum Gasteiger partial charge on any atom is 0.420 e. The Bertz CT molecular complexity index is 702. The zero-order chi connectivity index (χ0) is 26.8. The second kappa shape index (κ2) is 10.8. The van der Waals surface area contributed by atoms with Crippen LogP contribution in [-0.2, 0) is 18.9 Å². The molecule has 2 aliphatic rings.